The molecule has 0 aliphatic heterocycles. The Balaban J connectivity index is 1.43. The van der Waals surface area contributed by atoms with Crippen LogP contribution >= 0.6 is 0 Å². The minimum absolute atomic E-state index is 0.0801. The van der Waals surface area contributed by atoms with Crippen LogP contribution in [0.5, 0.6) is 11.5 Å². The van der Waals surface area contributed by atoms with Crippen LogP contribution in [0.15, 0.2) is 78.9 Å². The second-order valence-corrected chi connectivity index (χ2v) is 7.10. The largest absolute Gasteiger partial charge is 0.411 e. The summed E-state index contributed by atoms with van der Waals surface area (Å²) < 4.78 is 65.0. The molecule has 0 amide bonds. The van der Waals surface area contributed by atoms with Gasteiger partial charge in [0, 0.05) is 11.6 Å². The Morgan fingerprint density at radius 2 is 1.18 bits per heavy atom. The van der Waals surface area contributed by atoms with Crippen molar-refractivity contribution in [2.45, 2.75) is 0 Å². The van der Waals surface area contributed by atoms with E-state index in [1.807, 2.05) is 12.1 Å². The van der Waals surface area contributed by atoms with E-state index in [0.717, 1.165) is 17.2 Å². The second-order valence-electron chi connectivity index (χ2n) is 7.10. The highest BCUT2D eigenvalue weighted by Crippen LogP contribution is 2.29. The zero-order valence-corrected chi connectivity index (χ0v) is 17.3. The van der Waals surface area contributed by atoms with Crippen LogP contribution in [0, 0.1) is 40.0 Å². The predicted molar refractivity (Wildman–Crippen MR) is 117 cm³/mol. The van der Waals surface area contributed by atoms with Crippen LogP contribution in [-0.4, -0.2) is 6.08 Å². The fourth-order valence-corrected chi connectivity index (χ4v) is 3.19. The number of nitriles is 1. The van der Waals surface area contributed by atoms with Crippen LogP contribution in [0.2, 0.25) is 0 Å². The number of ether oxygens (including phenoxy) is 2. The van der Waals surface area contributed by atoms with Gasteiger partial charge in [0.25, 0.3) is 0 Å². The summed E-state index contributed by atoms with van der Waals surface area (Å²) in [5.74, 6) is -5.17. The molecule has 0 aliphatic rings. The average molecular weight is 462 g/mol. The molecule has 0 atom stereocenters. The standard InChI is InChI=1S/C26H14F4N2O2/c27-22-13-20(9-10-21(22)18-11-23(28)25(30)24(29)12-18)34-26(32)33-19-7-5-17(6-8-19)16-3-1-15(14-31)2-4-16/h1-13,32H. The van der Waals surface area contributed by atoms with Gasteiger partial charge in [0.15, 0.2) is 17.5 Å². The number of hydrogen-bond acceptors (Lipinski definition) is 4. The van der Waals surface area contributed by atoms with Crippen LogP contribution in [0.25, 0.3) is 22.3 Å². The Morgan fingerprint density at radius 3 is 1.74 bits per heavy atom. The molecule has 0 saturated heterocycles. The quantitative estimate of drug-likeness (QED) is 0.156. The number of nitrogens with one attached hydrogen (secondary N) is 1. The number of benzene rings is 4. The van der Waals surface area contributed by atoms with Crippen molar-refractivity contribution >= 4 is 6.08 Å². The van der Waals surface area contributed by atoms with Crippen LogP contribution in [-0.2, 0) is 0 Å². The maximum absolute atomic E-state index is 14.5. The molecule has 0 saturated carbocycles. The third-order valence-electron chi connectivity index (χ3n) is 4.86. The molecule has 34 heavy (non-hydrogen) atoms. The van der Waals surface area contributed by atoms with Crippen molar-refractivity contribution in [3.63, 3.8) is 0 Å². The number of rotatable bonds is 4. The van der Waals surface area contributed by atoms with Crippen molar-refractivity contribution in [2.24, 2.45) is 0 Å². The lowest BCUT2D eigenvalue weighted by Gasteiger charge is -2.11. The summed E-state index contributed by atoms with van der Waals surface area (Å²) in [5.41, 5.74) is 1.96. The van der Waals surface area contributed by atoms with E-state index in [2.05, 4.69) is 6.07 Å². The van der Waals surface area contributed by atoms with Crippen LogP contribution in [0.3, 0.4) is 0 Å². The minimum Gasteiger partial charge on any atom is -0.411 e. The summed E-state index contributed by atoms with van der Waals surface area (Å²) in [4.78, 5) is 0. The minimum atomic E-state index is -1.64. The van der Waals surface area contributed by atoms with Crippen LogP contribution in [0.4, 0.5) is 17.6 Å². The summed E-state index contributed by atoms with van der Waals surface area (Å²) in [6.45, 7) is 0. The smallest absolute Gasteiger partial charge is 0.391 e. The first-order valence-electron chi connectivity index (χ1n) is 9.83. The molecule has 168 valence electrons. The van der Waals surface area contributed by atoms with Crippen molar-refractivity contribution in [3.05, 3.63) is 108 Å². The fourth-order valence-electron chi connectivity index (χ4n) is 3.19. The van der Waals surface area contributed by atoms with Crippen molar-refractivity contribution in [1.82, 2.24) is 0 Å². The van der Waals surface area contributed by atoms with Gasteiger partial charge >= 0.3 is 6.08 Å². The molecule has 1 N–H and O–H groups in total. The zero-order valence-electron chi connectivity index (χ0n) is 17.3. The molecule has 0 bridgehead atoms. The molecule has 4 aromatic carbocycles. The van der Waals surface area contributed by atoms with Gasteiger partial charge in [-0.25, -0.2) is 23.0 Å². The van der Waals surface area contributed by atoms with E-state index in [4.69, 9.17) is 20.1 Å². The molecule has 0 unspecified atom stereocenters. The maximum Gasteiger partial charge on any atom is 0.391 e. The van der Waals surface area contributed by atoms with E-state index >= 15 is 0 Å². The summed E-state index contributed by atoms with van der Waals surface area (Å²) in [6.07, 6.45) is -0.628. The lowest BCUT2D eigenvalue weighted by molar-refractivity contribution is 0.378. The molecule has 4 rings (SSSR count). The average Bonchev–Trinajstić information content (AvgIpc) is 2.83. The highest BCUT2D eigenvalue weighted by atomic mass is 19.2. The van der Waals surface area contributed by atoms with E-state index in [-0.39, 0.29) is 16.9 Å². The highest BCUT2D eigenvalue weighted by Gasteiger charge is 2.15. The van der Waals surface area contributed by atoms with Gasteiger partial charge in [-0.15, -0.1) is 0 Å². The molecular weight excluding hydrogens is 448 g/mol. The van der Waals surface area contributed by atoms with E-state index in [1.165, 1.54) is 12.1 Å². The number of halogens is 4. The molecule has 0 radical (unpaired) electrons. The molecule has 0 heterocycles. The Morgan fingerprint density at radius 1 is 0.647 bits per heavy atom. The second kappa shape index (κ2) is 9.46. The van der Waals surface area contributed by atoms with Crippen molar-refractivity contribution in [1.29, 1.82) is 10.7 Å². The molecule has 0 fully saturated rings. The summed E-state index contributed by atoms with van der Waals surface area (Å²) in [6, 6.07) is 20.6. The number of nitrogens with zero attached hydrogens (tertiary/aromatic N) is 1. The van der Waals surface area contributed by atoms with E-state index in [9.17, 15) is 17.6 Å². The van der Waals surface area contributed by atoms with Crippen LogP contribution in [0.1, 0.15) is 5.56 Å². The van der Waals surface area contributed by atoms with Gasteiger partial charge in [0.2, 0.25) is 0 Å². The monoisotopic (exact) mass is 462 g/mol. The normalized spacial score (nSPS) is 10.4. The van der Waals surface area contributed by atoms with E-state index in [1.54, 1.807) is 36.4 Å². The van der Waals surface area contributed by atoms with Crippen molar-refractivity contribution in [2.75, 3.05) is 0 Å². The van der Waals surface area contributed by atoms with Gasteiger partial charge in [-0.3, -0.25) is 0 Å². The Kier molecular flexibility index (Phi) is 6.28. The molecule has 0 spiro atoms. The van der Waals surface area contributed by atoms with Gasteiger partial charge in [-0.05, 0) is 65.2 Å². The topological polar surface area (TPSA) is 66.1 Å². The third-order valence-corrected chi connectivity index (χ3v) is 4.86. The Bertz CT molecular complexity index is 1390. The van der Waals surface area contributed by atoms with Crippen molar-refractivity contribution in [3.8, 4) is 39.8 Å². The molecule has 4 nitrogen and oxygen atoms in total. The molecule has 8 heteroatoms. The van der Waals surface area contributed by atoms with Gasteiger partial charge in [0.1, 0.15) is 17.3 Å². The molecule has 4 aromatic rings. The lowest BCUT2D eigenvalue weighted by Crippen LogP contribution is -2.15. The zero-order chi connectivity index (χ0) is 24.2. The van der Waals surface area contributed by atoms with Gasteiger partial charge in [-0.1, -0.05) is 24.3 Å². The molecule has 0 aliphatic carbocycles. The Labute approximate surface area is 191 Å². The van der Waals surface area contributed by atoms with E-state index < -0.39 is 29.4 Å². The lowest BCUT2D eigenvalue weighted by atomic mass is 10.0. The van der Waals surface area contributed by atoms with Gasteiger partial charge < -0.3 is 9.47 Å². The fraction of sp³-hybridized carbons (Fsp3) is 0. The first-order valence-corrected chi connectivity index (χ1v) is 9.83. The maximum atomic E-state index is 14.5. The number of hydrogen-bond donors (Lipinski definition) is 1. The van der Waals surface area contributed by atoms with Gasteiger partial charge in [0.05, 0.1) is 11.6 Å². The van der Waals surface area contributed by atoms with Crippen molar-refractivity contribution < 1.29 is 27.0 Å². The molecular formula is C26H14F4N2O2. The first kappa shape index (κ1) is 22.6. The Hall–Kier alpha value is -4.64. The summed E-state index contributed by atoms with van der Waals surface area (Å²) in [5, 5.41) is 16.7. The van der Waals surface area contributed by atoms with Gasteiger partial charge in [-0.2, -0.15) is 5.26 Å². The SMILES string of the molecule is N#Cc1ccc(-c2ccc(OC(=N)Oc3ccc(-c4cc(F)c(F)c(F)c4)c(F)c3)cc2)cc1. The summed E-state index contributed by atoms with van der Waals surface area (Å²) in [7, 11) is 0. The summed E-state index contributed by atoms with van der Waals surface area (Å²) >= 11 is 0. The van der Waals surface area contributed by atoms with Crippen LogP contribution < -0.4 is 9.47 Å². The first-order chi connectivity index (χ1) is 16.3. The van der Waals surface area contributed by atoms with E-state index in [0.29, 0.717) is 23.4 Å². The molecule has 0 aromatic heterocycles. The third kappa shape index (κ3) is 4.89. The predicted octanol–water partition coefficient (Wildman–Crippen LogP) is 6.84. The highest BCUT2D eigenvalue weighted by molar-refractivity contribution is 5.72.